The highest BCUT2D eigenvalue weighted by Gasteiger charge is 2.09. The van der Waals surface area contributed by atoms with Gasteiger partial charge in [-0.1, -0.05) is 12.1 Å². The molecule has 0 saturated heterocycles. The van der Waals surface area contributed by atoms with Crippen LogP contribution < -0.4 is 10.8 Å². The summed E-state index contributed by atoms with van der Waals surface area (Å²) in [6.07, 6.45) is 0. The normalized spacial score (nSPS) is 9.62. The van der Waals surface area contributed by atoms with Crippen LogP contribution in [0.15, 0.2) is 28.7 Å². The molecule has 1 aromatic carbocycles. The van der Waals surface area contributed by atoms with E-state index in [1.54, 1.807) is 24.3 Å². The Morgan fingerprint density at radius 2 is 2.06 bits per heavy atom. The Hall–Kier alpha value is -1.40. The van der Waals surface area contributed by atoms with Crippen molar-refractivity contribution in [2.75, 3.05) is 13.7 Å². The van der Waals surface area contributed by atoms with Crippen molar-refractivity contribution >= 4 is 27.7 Å². The van der Waals surface area contributed by atoms with Gasteiger partial charge in [0, 0.05) is 11.5 Å². The molecule has 0 heterocycles. The lowest BCUT2D eigenvalue weighted by molar-refractivity contribution is -0.126. The molecule has 0 radical (unpaired) electrons. The van der Waals surface area contributed by atoms with Gasteiger partial charge in [0.25, 0.3) is 5.91 Å². The van der Waals surface area contributed by atoms with Crippen LogP contribution in [0.3, 0.4) is 0 Å². The number of likely N-dealkylation sites (N-methyl/N-ethyl adjacent to an activating group) is 1. The lowest BCUT2D eigenvalue weighted by Gasteiger charge is -2.06. The number of hydrogen-bond donors (Lipinski definition) is 2. The molecule has 2 amide bonds. The van der Waals surface area contributed by atoms with E-state index in [2.05, 4.69) is 26.7 Å². The molecule has 16 heavy (non-hydrogen) atoms. The van der Waals surface area contributed by atoms with Crippen LogP contribution in [0.2, 0.25) is 0 Å². The number of rotatable bonds is 4. The Morgan fingerprint density at radius 3 is 2.69 bits per heavy atom. The summed E-state index contributed by atoms with van der Waals surface area (Å²) in [4.78, 5) is 27.1. The van der Waals surface area contributed by atoms with Crippen molar-refractivity contribution in [3.05, 3.63) is 34.3 Å². The molecule has 86 valence electrons. The topological polar surface area (TPSA) is 67.4 Å². The monoisotopic (exact) mass is 286 g/mol. The Labute approximate surface area is 101 Å². The molecule has 1 aromatic rings. The second kappa shape index (κ2) is 6.24. The van der Waals surface area contributed by atoms with Crippen molar-refractivity contribution in [2.45, 2.75) is 0 Å². The third kappa shape index (κ3) is 3.63. The first kappa shape index (κ1) is 12.7. The Morgan fingerprint density at radius 1 is 1.38 bits per heavy atom. The molecule has 0 saturated carbocycles. The molecule has 0 aliphatic heterocycles. The second-order valence-corrected chi connectivity index (χ2v) is 3.73. The van der Waals surface area contributed by atoms with Crippen molar-refractivity contribution in [2.24, 2.45) is 0 Å². The number of amides is 2. The van der Waals surface area contributed by atoms with Gasteiger partial charge in [0.05, 0.1) is 5.56 Å². The van der Waals surface area contributed by atoms with Crippen LogP contribution in [0.1, 0.15) is 10.4 Å². The van der Waals surface area contributed by atoms with E-state index in [-0.39, 0.29) is 12.5 Å². The van der Waals surface area contributed by atoms with E-state index >= 15 is 0 Å². The molecule has 5 nitrogen and oxygen atoms in total. The summed E-state index contributed by atoms with van der Waals surface area (Å²) < 4.78 is 0.663. The van der Waals surface area contributed by atoms with Crippen LogP contribution in [-0.4, -0.2) is 25.5 Å². The van der Waals surface area contributed by atoms with E-state index < -0.39 is 5.91 Å². The summed E-state index contributed by atoms with van der Waals surface area (Å²) in [5.74, 6) is -0.719. The van der Waals surface area contributed by atoms with Gasteiger partial charge in [0.2, 0.25) is 5.91 Å². The van der Waals surface area contributed by atoms with Crippen LogP contribution in [0.25, 0.3) is 0 Å². The fraction of sp³-hybridized carbons (Fsp3) is 0.200. The summed E-state index contributed by atoms with van der Waals surface area (Å²) in [6, 6.07) is 6.92. The molecule has 0 aliphatic rings. The van der Waals surface area contributed by atoms with Crippen molar-refractivity contribution in [1.82, 2.24) is 10.8 Å². The second-order valence-electron chi connectivity index (χ2n) is 2.87. The third-order valence-corrected chi connectivity index (χ3v) is 2.46. The predicted molar refractivity (Wildman–Crippen MR) is 61.6 cm³/mol. The van der Waals surface area contributed by atoms with Crippen molar-refractivity contribution in [3.63, 3.8) is 0 Å². The zero-order chi connectivity index (χ0) is 12.0. The predicted octanol–water partition coefficient (Wildman–Crippen LogP) is 0.857. The van der Waals surface area contributed by atoms with E-state index in [0.29, 0.717) is 10.0 Å². The zero-order valence-electron chi connectivity index (χ0n) is 8.62. The van der Waals surface area contributed by atoms with Crippen molar-refractivity contribution in [3.8, 4) is 0 Å². The molecular weight excluding hydrogens is 276 g/mol. The largest absolute Gasteiger partial charge is 0.357 e. The van der Waals surface area contributed by atoms with Gasteiger partial charge >= 0.3 is 0 Å². The summed E-state index contributed by atoms with van der Waals surface area (Å²) in [6.45, 7) is -0.216. The standard InChI is InChI=1S/C10H11BrN2O3/c1-12-9(14)6-16-13-10(15)7-4-2-3-5-8(7)11/h2-5H,6H2,1H3,(H,12,14)(H,13,15). The van der Waals surface area contributed by atoms with Gasteiger partial charge in [-0.25, -0.2) is 5.48 Å². The Bertz CT molecular complexity index is 395. The highest BCUT2D eigenvalue weighted by atomic mass is 79.9. The minimum absolute atomic E-state index is 0.216. The van der Waals surface area contributed by atoms with Crippen LogP contribution in [-0.2, 0) is 9.63 Å². The summed E-state index contributed by atoms with van der Waals surface area (Å²) in [5.41, 5.74) is 2.62. The third-order valence-electron chi connectivity index (χ3n) is 1.77. The van der Waals surface area contributed by atoms with E-state index in [1.165, 1.54) is 7.05 Å². The van der Waals surface area contributed by atoms with E-state index in [1.807, 2.05) is 0 Å². The molecule has 2 N–H and O–H groups in total. The lowest BCUT2D eigenvalue weighted by Crippen LogP contribution is -2.31. The average Bonchev–Trinajstić information content (AvgIpc) is 2.29. The molecule has 0 bridgehead atoms. The molecule has 0 spiro atoms. The first-order chi connectivity index (χ1) is 7.65. The lowest BCUT2D eigenvalue weighted by atomic mass is 10.2. The minimum Gasteiger partial charge on any atom is -0.357 e. The minimum atomic E-state index is -0.406. The highest BCUT2D eigenvalue weighted by molar-refractivity contribution is 9.10. The van der Waals surface area contributed by atoms with Gasteiger partial charge in [0.15, 0.2) is 6.61 Å². The molecular formula is C10H11BrN2O3. The maximum atomic E-state index is 11.5. The molecule has 0 aromatic heterocycles. The summed E-state index contributed by atoms with van der Waals surface area (Å²) >= 11 is 3.24. The molecule has 0 fully saturated rings. The number of hydrogen-bond acceptors (Lipinski definition) is 3. The van der Waals surface area contributed by atoms with Crippen molar-refractivity contribution in [1.29, 1.82) is 0 Å². The molecule has 6 heteroatoms. The Balaban J connectivity index is 2.47. The van der Waals surface area contributed by atoms with E-state index in [0.717, 1.165) is 0 Å². The van der Waals surface area contributed by atoms with Crippen LogP contribution in [0.4, 0.5) is 0 Å². The number of carbonyl (C=O) groups is 2. The molecule has 0 aliphatic carbocycles. The summed E-state index contributed by atoms with van der Waals surface area (Å²) in [5, 5.41) is 2.37. The number of carbonyl (C=O) groups excluding carboxylic acids is 2. The van der Waals surface area contributed by atoms with Gasteiger partial charge in [-0.3, -0.25) is 14.4 Å². The average molecular weight is 287 g/mol. The SMILES string of the molecule is CNC(=O)CONC(=O)c1ccccc1Br. The highest BCUT2D eigenvalue weighted by Crippen LogP contribution is 2.15. The first-order valence-electron chi connectivity index (χ1n) is 4.52. The number of nitrogens with one attached hydrogen (secondary N) is 2. The molecule has 0 unspecified atom stereocenters. The van der Waals surface area contributed by atoms with Gasteiger partial charge < -0.3 is 5.32 Å². The van der Waals surface area contributed by atoms with E-state index in [4.69, 9.17) is 4.84 Å². The van der Waals surface area contributed by atoms with Gasteiger partial charge in [-0.05, 0) is 28.1 Å². The number of benzene rings is 1. The summed E-state index contributed by atoms with van der Waals surface area (Å²) in [7, 11) is 1.49. The van der Waals surface area contributed by atoms with Crippen LogP contribution in [0, 0.1) is 0 Å². The zero-order valence-corrected chi connectivity index (χ0v) is 10.2. The maximum Gasteiger partial charge on any atom is 0.275 e. The first-order valence-corrected chi connectivity index (χ1v) is 5.31. The van der Waals surface area contributed by atoms with Crippen molar-refractivity contribution < 1.29 is 14.4 Å². The number of hydroxylamine groups is 1. The van der Waals surface area contributed by atoms with Gasteiger partial charge in [-0.2, -0.15) is 0 Å². The van der Waals surface area contributed by atoms with Crippen LogP contribution in [0.5, 0.6) is 0 Å². The maximum absolute atomic E-state index is 11.5. The Kier molecular flexibility index (Phi) is 4.94. The van der Waals surface area contributed by atoms with Crippen LogP contribution >= 0.6 is 15.9 Å². The number of halogens is 1. The fourth-order valence-corrected chi connectivity index (χ4v) is 1.40. The van der Waals surface area contributed by atoms with Gasteiger partial charge in [0.1, 0.15) is 0 Å². The van der Waals surface area contributed by atoms with Gasteiger partial charge in [-0.15, -0.1) is 0 Å². The smallest absolute Gasteiger partial charge is 0.275 e. The van der Waals surface area contributed by atoms with E-state index in [9.17, 15) is 9.59 Å². The molecule has 1 rings (SSSR count). The molecule has 0 atom stereocenters. The quantitative estimate of drug-likeness (QED) is 0.807. The fourth-order valence-electron chi connectivity index (χ4n) is 0.940.